The summed E-state index contributed by atoms with van der Waals surface area (Å²) in [6, 6.07) is 3.92. The van der Waals surface area contributed by atoms with Gasteiger partial charge in [0, 0.05) is 31.0 Å². The summed E-state index contributed by atoms with van der Waals surface area (Å²) in [6.07, 6.45) is 4.23. The zero-order valence-electron chi connectivity index (χ0n) is 19.2. The third kappa shape index (κ3) is 5.55. The van der Waals surface area contributed by atoms with Gasteiger partial charge in [0.25, 0.3) is 0 Å². The van der Waals surface area contributed by atoms with E-state index in [0.717, 1.165) is 48.4 Å². The van der Waals surface area contributed by atoms with E-state index < -0.39 is 17.7 Å². The number of ether oxygens (including phenoxy) is 1. The third-order valence-electron chi connectivity index (χ3n) is 5.62. The van der Waals surface area contributed by atoms with Gasteiger partial charge in [0.2, 0.25) is 0 Å². The second-order valence-corrected chi connectivity index (χ2v) is 10.4. The number of pyridine rings is 2. The molecular formula is C24H32ClN3O3. The molecule has 2 aromatic rings. The average Bonchev–Trinajstić information content (AvgIpc) is 2.66. The molecule has 0 aliphatic carbocycles. The zero-order valence-corrected chi connectivity index (χ0v) is 20.0. The van der Waals surface area contributed by atoms with E-state index >= 15 is 0 Å². The minimum Gasteiger partial charge on any atom is -0.479 e. The Morgan fingerprint density at radius 3 is 2.35 bits per heavy atom. The van der Waals surface area contributed by atoms with Crippen molar-refractivity contribution in [2.75, 3.05) is 18.0 Å². The normalized spacial score (nSPS) is 17.5. The van der Waals surface area contributed by atoms with Crippen LogP contribution in [0.3, 0.4) is 0 Å². The van der Waals surface area contributed by atoms with E-state index in [1.807, 2.05) is 39.8 Å². The van der Waals surface area contributed by atoms with Gasteiger partial charge >= 0.3 is 5.97 Å². The summed E-state index contributed by atoms with van der Waals surface area (Å²) in [4.78, 5) is 23.5. The molecule has 0 saturated carbocycles. The Morgan fingerprint density at radius 1 is 1.19 bits per heavy atom. The Labute approximate surface area is 189 Å². The number of carboxylic acids is 1. The molecule has 0 radical (unpaired) electrons. The molecule has 3 rings (SSSR count). The average molecular weight is 446 g/mol. The number of rotatable bonds is 5. The molecule has 0 unspecified atom stereocenters. The summed E-state index contributed by atoms with van der Waals surface area (Å²) in [5.74, 6) is -1.09. The quantitative estimate of drug-likeness (QED) is 0.597. The van der Waals surface area contributed by atoms with Crippen LogP contribution >= 0.6 is 11.6 Å². The van der Waals surface area contributed by atoms with Crippen LogP contribution in [0.25, 0.3) is 11.3 Å². The number of aromatic nitrogens is 2. The smallest absolute Gasteiger partial charge is 0.337 e. The fourth-order valence-electron chi connectivity index (χ4n) is 3.80. The lowest BCUT2D eigenvalue weighted by molar-refractivity contribution is -0.160. The predicted octanol–water partition coefficient (Wildman–Crippen LogP) is 5.67. The third-order valence-corrected chi connectivity index (χ3v) is 5.92. The molecule has 1 aliphatic heterocycles. The van der Waals surface area contributed by atoms with Crippen LogP contribution in [0.5, 0.6) is 0 Å². The number of aryl methyl sites for hydroxylation is 1. The fourth-order valence-corrected chi connectivity index (χ4v) is 4.04. The van der Waals surface area contributed by atoms with Crippen LogP contribution < -0.4 is 4.90 Å². The van der Waals surface area contributed by atoms with Crippen LogP contribution in [-0.2, 0) is 9.53 Å². The first-order chi connectivity index (χ1) is 14.4. The van der Waals surface area contributed by atoms with E-state index in [0.29, 0.717) is 5.56 Å². The lowest BCUT2D eigenvalue weighted by Gasteiger charge is -2.40. The summed E-state index contributed by atoms with van der Waals surface area (Å²) in [7, 11) is 0. The monoisotopic (exact) mass is 445 g/mol. The van der Waals surface area contributed by atoms with Crippen molar-refractivity contribution in [3.05, 3.63) is 40.8 Å². The highest BCUT2D eigenvalue weighted by molar-refractivity contribution is 6.31. The summed E-state index contributed by atoms with van der Waals surface area (Å²) in [5, 5.41) is 10.2. The van der Waals surface area contributed by atoms with Crippen molar-refractivity contribution >= 4 is 23.3 Å². The molecule has 1 saturated heterocycles. The molecule has 6 nitrogen and oxygen atoms in total. The zero-order chi connectivity index (χ0) is 23.0. The van der Waals surface area contributed by atoms with E-state index in [-0.39, 0.29) is 10.6 Å². The van der Waals surface area contributed by atoms with Crippen molar-refractivity contribution in [2.24, 2.45) is 5.41 Å². The Balaban J connectivity index is 2.22. The van der Waals surface area contributed by atoms with Crippen LogP contribution in [0, 0.1) is 12.3 Å². The van der Waals surface area contributed by atoms with Crippen molar-refractivity contribution in [1.29, 1.82) is 0 Å². The standard InChI is InChI=1S/C24H32ClN3O3/c1-15-7-8-17(26-13-15)16-14-27-21(25)18(20(22(29)30)31-23(2,3)4)19(16)28-11-9-24(5,6)10-12-28/h7-8,13-14,20H,9-12H2,1-6H3,(H,29,30)/t20-/m0/s1. The number of nitrogens with zero attached hydrogens (tertiary/aromatic N) is 3. The van der Waals surface area contributed by atoms with Crippen molar-refractivity contribution in [1.82, 2.24) is 9.97 Å². The molecule has 3 heterocycles. The topological polar surface area (TPSA) is 75.6 Å². The van der Waals surface area contributed by atoms with Gasteiger partial charge in [0.1, 0.15) is 5.15 Å². The fraction of sp³-hybridized carbons (Fsp3) is 0.542. The first kappa shape index (κ1) is 23.5. The van der Waals surface area contributed by atoms with Gasteiger partial charge in [0.05, 0.1) is 22.5 Å². The number of anilines is 1. The van der Waals surface area contributed by atoms with Crippen LogP contribution in [-0.4, -0.2) is 39.7 Å². The van der Waals surface area contributed by atoms with Gasteiger partial charge in [-0.25, -0.2) is 9.78 Å². The lowest BCUT2D eigenvalue weighted by atomic mass is 9.82. The van der Waals surface area contributed by atoms with Gasteiger partial charge in [0.15, 0.2) is 6.10 Å². The highest BCUT2D eigenvalue weighted by atomic mass is 35.5. The minimum absolute atomic E-state index is 0.146. The number of hydrogen-bond donors (Lipinski definition) is 1. The molecular weight excluding hydrogens is 414 g/mol. The molecule has 0 bridgehead atoms. The number of hydrogen-bond acceptors (Lipinski definition) is 5. The highest BCUT2D eigenvalue weighted by Gasteiger charge is 2.36. The second kappa shape index (κ2) is 8.75. The number of carbonyl (C=O) groups is 1. The molecule has 0 amide bonds. The summed E-state index contributed by atoms with van der Waals surface area (Å²) >= 11 is 6.56. The first-order valence-corrected chi connectivity index (χ1v) is 11.0. The second-order valence-electron chi connectivity index (χ2n) is 10.0. The molecule has 1 fully saturated rings. The van der Waals surface area contributed by atoms with E-state index in [2.05, 4.69) is 28.7 Å². The first-order valence-electron chi connectivity index (χ1n) is 10.6. The molecule has 31 heavy (non-hydrogen) atoms. The summed E-state index contributed by atoms with van der Waals surface area (Å²) < 4.78 is 5.98. The number of piperidine rings is 1. The predicted molar refractivity (Wildman–Crippen MR) is 124 cm³/mol. The van der Waals surface area contributed by atoms with Gasteiger partial charge < -0.3 is 14.7 Å². The van der Waals surface area contributed by atoms with E-state index in [9.17, 15) is 9.90 Å². The molecule has 1 N–H and O–H groups in total. The lowest BCUT2D eigenvalue weighted by Crippen LogP contribution is -2.39. The number of aliphatic carboxylic acids is 1. The van der Waals surface area contributed by atoms with Crippen LogP contribution in [0.4, 0.5) is 5.69 Å². The maximum Gasteiger partial charge on any atom is 0.337 e. The van der Waals surface area contributed by atoms with E-state index in [1.54, 1.807) is 12.4 Å². The van der Waals surface area contributed by atoms with Crippen molar-refractivity contribution in [2.45, 2.75) is 66.1 Å². The SMILES string of the molecule is Cc1ccc(-c2cnc(Cl)c([C@H](OC(C)(C)C)C(=O)O)c2N2CCC(C)(C)CC2)nc1. The molecule has 7 heteroatoms. The Bertz CT molecular complexity index is 942. The van der Waals surface area contributed by atoms with E-state index in [1.165, 1.54) is 0 Å². The molecule has 1 aliphatic rings. The van der Waals surface area contributed by atoms with Crippen molar-refractivity contribution in [3.63, 3.8) is 0 Å². The van der Waals surface area contributed by atoms with Gasteiger partial charge in [-0.15, -0.1) is 0 Å². The van der Waals surface area contributed by atoms with Crippen molar-refractivity contribution in [3.8, 4) is 11.3 Å². The van der Waals surface area contributed by atoms with Crippen LogP contribution in [0.1, 0.15) is 64.7 Å². The highest BCUT2D eigenvalue weighted by Crippen LogP contribution is 2.44. The molecule has 0 aromatic carbocycles. The molecule has 0 spiro atoms. The maximum atomic E-state index is 12.3. The van der Waals surface area contributed by atoms with Crippen LogP contribution in [0.15, 0.2) is 24.5 Å². The summed E-state index contributed by atoms with van der Waals surface area (Å²) in [6.45, 7) is 13.6. The van der Waals surface area contributed by atoms with E-state index in [4.69, 9.17) is 16.3 Å². The largest absolute Gasteiger partial charge is 0.479 e. The van der Waals surface area contributed by atoms with Crippen molar-refractivity contribution < 1.29 is 14.6 Å². The Kier molecular flexibility index (Phi) is 6.63. The number of halogens is 1. The number of carboxylic acid groups (broad SMARTS) is 1. The van der Waals surface area contributed by atoms with Gasteiger partial charge in [-0.3, -0.25) is 4.98 Å². The molecule has 1 atom stereocenters. The summed E-state index contributed by atoms with van der Waals surface area (Å²) in [5.41, 5.74) is 3.26. The van der Waals surface area contributed by atoms with Crippen LogP contribution in [0.2, 0.25) is 5.15 Å². The Morgan fingerprint density at radius 2 is 1.84 bits per heavy atom. The molecule has 168 valence electrons. The minimum atomic E-state index is -1.24. The Hall–Kier alpha value is -2.18. The maximum absolute atomic E-state index is 12.3. The molecule has 2 aromatic heterocycles. The van der Waals surface area contributed by atoms with Gasteiger partial charge in [-0.05, 0) is 57.6 Å². The van der Waals surface area contributed by atoms with Gasteiger partial charge in [-0.1, -0.05) is 31.5 Å². The van der Waals surface area contributed by atoms with Gasteiger partial charge in [-0.2, -0.15) is 0 Å².